The van der Waals surface area contributed by atoms with Crippen LogP contribution in [0.1, 0.15) is 38.5 Å². The Morgan fingerprint density at radius 1 is 0.714 bits per heavy atom. The van der Waals surface area contributed by atoms with Crippen molar-refractivity contribution in [2.75, 3.05) is 24.0 Å². The first-order chi connectivity index (χ1) is 16.4. The second kappa shape index (κ2) is 17.8. The number of primary amides is 1. The summed E-state index contributed by atoms with van der Waals surface area (Å²) in [6.07, 6.45) is 2.99. The quantitative estimate of drug-likeness (QED) is 0.100. The molecule has 0 aromatic rings. The predicted octanol–water partition coefficient (Wildman–Crippen LogP) is -1.51. The lowest BCUT2D eigenvalue weighted by Crippen LogP contribution is -2.57. The fourth-order valence-electron chi connectivity index (χ4n) is 2.79. The molecule has 0 aliphatic rings. The van der Waals surface area contributed by atoms with E-state index in [1.54, 1.807) is 12.5 Å². The van der Waals surface area contributed by atoms with E-state index in [0.29, 0.717) is 11.5 Å². The second-order valence-electron chi connectivity index (χ2n) is 7.63. The number of carboxylic acids is 2. The molecule has 0 heterocycles. The van der Waals surface area contributed by atoms with Gasteiger partial charge in [-0.05, 0) is 49.7 Å². The van der Waals surface area contributed by atoms with Crippen molar-refractivity contribution in [2.45, 2.75) is 62.7 Å². The number of aliphatic carboxylic acids is 2. The zero-order valence-corrected chi connectivity index (χ0v) is 21.4. The van der Waals surface area contributed by atoms with Gasteiger partial charge < -0.3 is 37.6 Å². The summed E-state index contributed by atoms with van der Waals surface area (Å²) >= 11 is 2.83. The summed E-state index contributed by atoms with van der Waals surface area (Å²) in [6, 6.07) is -4.74. The van der Waals surface area contributed by atoms with E-state index in [1.165, 1.54) is 23.5 Å². The summed E-state index contributed by atoms with van der Waals surface area (Å²) < 4.78 is 0. The van der Waals surface area contributed by atoms with Gasteiger partial charge in [0, 0.05) is 12.8 Å². The van der Waals surface area contributed by atoms with Gasteiger partial charge in [-0.3, -0.25) is 24.0 Å². The average molecular weight is 538 g/mol. The molecule has 0 radical (unpaired) electrons. The molecule has 0 aromatic carbocycles. The molecule has 15 heteroatoms. The van der Waals surface area contributed by atoms with E-state index >= 15 is 0 Å². The number of nitrogens with two attached hydrogens (primary N) is 2. The van der Waals surface area contributed by atoms with Gasteiger partial charge in [-0.25, -0.2) is 4.79 Å². The topological polar surface area (TPSA) is 231 Å². The molecular weight excluding hydrogens is 502 g/mol. The molecule has 0 saturated heterocycles. The van der Waals surface area contributed by atoms with E-state index in [9.17, 15) is 33.9 Å². The average Bonchev–Trinajstić information content (AvgIpc) is 2.79. The van der Waals surface area contributed by atoms with Crippen LogP contribution in [0.15, 0.2) is 0 Å². The molecule has 200 valence electrons. The third kappa shape index (κ3) is 14.5. The summed E-state index contributed by atoms with van der Waals surface area (Å²) in [6.45, 7) is 0. The number of carbonyl (C=O) groups excluding carboxylic acids is 4. The van der Waals surface area contributed by atoms with Crippen molar-refractivity contribution in [3.63, 3.8) is 0 Å². The van der Waals surface area contributed by atoms with Crippen LogP contribution in [0.25, 0.3) is 0 Å². The van der Waals surface area contributed by atoms with Crippen molar-refractivity contribution in [3.8, 4) is 0 Å². The first-order valence-electron chi connectivity index (χ1n) is 10.8. The highest BCUT2D eigenvalue weighted by atomic mass is 32.2. The van der Waals surface area contributed by atoms with Gasteiger partial charge in [0.2, 0.25) is 23.6 Å². The molecule has 4 unspecified atom stereocenters. The van der Waals surface area contributed by atoms with E-state index in [4.69, 9.17) is 16.6 Å². The number of nitrogens with one attached hydrogen (secondary N) is 3. The zero-order chi connectivity index (χ0) is 27.0. The lowest BCUT2D eigenvalue weighted by atomic mass is 10.1. The molecule has 0 saturated carbocycles. The summed E-state index contributed by atoms with van der Waals surface area (Å²) in [5.74, 6) is -4.42. The van der Waals surface area contributed by atoms with Crippen molar-refractivity contribution in [1.82, 2.24) is 16.0 Å². The highest BCUT2D eigenvalue weighted by Crippen LogP contribution is 2.07. The van der Waals surface area contributed by atoms with E-state index in [-0.39, 0.29) is 32.1 Å². The Bertz CT molecular complexity index is 755. The standard InChI is InChI=1S/C20H35N5O8S2/c1-34-9-7-13(19(31)25-14(20(32)33)8-10-35-2)24-18(30)12(4-6-16(27)28)23-17(29)11(21)3-5-15(22)26/h11-14H,3-10,21H2,1-2H3,(H2,22,26)(H,23,29)(H,24,30)(H,25,31)(H,27,28)(H,32,33). The van der Waals surface area contributed by atoms with Gasteiger partial charge in [0.1, 0.15) is 18.1 Å². The van der Waals surface area contributed by atoms with Crippen molar-refractivity contribution in [2.24, 2.45) is 11.5 Å². The number of carboxylic acid groups (broad SMARTS) is 2. The number of amides is 4. The van der Waals surface area contributed by atoms with Crippen LogP contribution in [0.3, 0.4) is 0 Å². The molecule has 0 aliphatic heterocycles. The SMILES string of the molecule is CSCCC(NC(=O)C(CCSC)NC(=O)C(CCC(=O)O)NC(=O)C(N)CCC(N)=O)C(=O)O. The van der Waals surface area contributed by atoms with Crippen LogP contribution >= 0.6 is 23.5 Å². The molecular formula is C20H35N5O8S2. The minimum absolute atomic E-state index is 0.0696. The molecule has 0 rings (SSSR count). The smallest absolute Gasteiger partial charge is 0.326 e. The van der Waals surface area contributed by atoms with Crippen LogP contribution < -0.4 is 27.4 Å². The fourth-order valence-corrected chi connectivity index (χ4v) is 3.73. The van der Waals surface area contributed by atoms with Crippen LogP contribution in [-0.2, 0) is 28.8 Å². The highest BCUT2D eigenvalue weighted by Gasteiger charge is 2.30. The van der Waals surface area contributed by atoms with Gasteiger partial charge in [0.15, 0.2) is 0 Å². The van der Waals surface area contributed by atoms with Crippen molar-refractivity contribution in [1.29, 1.82) is 0 Å². The fraction of sp³-hybridized carbons (Fsp3) is 0.700. The van der Waals surface area contributed by atoms with Gasteiger partial charge in [-0.15, -0.1) is 0 Å². The molecule has 4 atom stereocenters. The first-order valence-corrected chi connectivity index (χ1v) is 13.6. The van der Waals surface area contributed by atoms with Gasteiger partial charge in [0.25, 0.3) is 0 Å². The van der Waals surface area contributed by atoms with Crippen LogP contribution in [0.4, 0.5) is 0 Å². The lowest BCUT2D eigenvalue weighted by Gasteiger charge is -2.25. The van der Waals surface area contributed by atoms with Gasteiger partial charge in [-0.2, -0.15) is 23.5 Å². The number of carbonyl (C=O) groups is 6. The Morgan fingerprint density at radius 3 is 1.63 bits per heavy atom. The van der Waals surface area contributed by atoms with Gasteiger partial charge in [-0.1, -0.05) is 0 Å². The Kier molecular flexibility index (Phi) is 16.6. The normalized spacial score (nSPS) is 14.1. The minimum atomic E-state index is -1.32. The molecule has 13 nitrogen and oxygen atoms in total. The molecule has 4 amide bonds. The van der Waals surface area contributed by atoms with Crippen molar-refractivity contribution >= 4 is 59.1 Å². The Morgan fingerprint density at radius 2 is 1.17 bits per heavy atom. The summed E-state index contributed by atoms with van der Waals surface area (Å²) in [4.78, 5) is 71.5. The van der Waals surface area contributed by atoms with Crippen LogP contribution in [-0.4, -0.2) is 94.0 Å². The number of thioether (sulfide) groups is 2. The maximum absolute atomic E-state index is 12.9. The maximum atomic E-state index is 12.9. The van der Waals surface area contributed by atoms with E-state index in [1.807, 2.05) is 0 Å². The maximum Gasteiger partial charge on any atom is 0.326 e. The highest BCUT2D eigenvalue weighted by molar-refractivity contribution is 7.98. The molecule has 0 aliphatic carbocycles. The van der Waals surface area contributed by atoms with Crippen LogP contribution in [0.2, 0.25) is 0 Å². The largest absolute Gasteiger partial charge is 0.481 e. The van der Waals surface area contributed by atoms with E-state index in [0.717, 1.165) is 0 Å². The van der Waals surface area contributed by atoms with Crippen molar-refractivity contribution in [3.05, 3.63) is 0 Å². The van der Waals surface area contributed by atoms with E-state index < -0.39 is 66.2 Å². The van der Waals surface area contributed by atoms with Gasteiger partial charge in [0.05, 0.1) is 6.04 Å². The number of hydrogen-bond acceptors (Lipinski definition) is 9. The summed E-state index contributed by atoms with van der Waals surface area (Å²) in [7, 11) is 0. The molecule has 9 N–H and O–H groups in total. The lowest BCUT2D eigenvalue weighted by molar-refractivity contribution is -0.142. The number of rotatable bonds is 19. The Labute approximate surface area is 212 Å². The van der Waals surface area contributed by atoms with Crippen molar-refractivity contribution < 1.29 is 39.0 Å². The van der Waals surface area contributed by atoms with E-state index in [2.05, 4.69) is 16.0 Å². The van der Waals surface area contributed by atoms with Crippen LogP contribution in [0.5, 0.6) is 0 Å². The third-order valence-corrected chi connectivity index (χ3v) is 6.08. The zero-order valence-electron chi connectivity index (χ0n) is 19.8. The molecule has 0 bridgehead atoms. The second-order valence-corrected chi connectivity index (χ2v) is 9.60. The Hall–Kier alpha value is -2.52. The molecule has 35 heavy (non-hydrogen) atoms. The monoisotopic (exact) mass is 537 g/mol. The van der Waals surface area contributed by atoms with Gasteiger partial charge >= 0.3 is 11.9 Å². The molecule has 0 spiro atoms. The minimum Gasteiger partial charge on any atom is -0.481 e. The summed E-state index contributed by atoms with van der Waals surface area (Å²) in [5.41, 5.74) is 10.8. The predicted molar refractivity (Wildman–Crippen MR) is 133 cm³/mol. The Balaban J connectivity index is 5.47. The first kappa shape index (κ1) is 32.5. The number of hydrogen-bond donors (Lipinski definition) is 7. The summed E-state index contributed by atoms with van der Waals surface area (Å²) in [5, 5.41) is 25.6. The molecule has 0 fully saturated rings. The third-order valence-electron chi connectivity index (χ3n) is 4.79. The van der Waals surface area contributed by atoms with Crippen LogP contribution in [0, 0.1) is 0 Å². The molecule has 0 aromatic heterocycles.